The fourth-order valence-electron chi connectivity index (χ4n) is 2.49. The van der Waals surface area contributed by atoms with Gasteiger partial charge in [-0.25, -0.2) is 4.79 Å². The van der Waals surface area contributed by atoms with Gasteiger partial charge < -0.3 is 4.74 Å². The van der Waals surface area contributed by atoms with Crippen LogP contribution in [0.25, 0.3) is 10.9 Å². The number of benzene rings is 2. The minimum absolute atomic E-state index is 0.0866. The second-order valence-corrected chi connectivity index (χ2v) is 5.39. The largest absolute Gasteiger partial charge is 0.462 e. The van der Waals surface area contributed by atoms with Crippen LogP contribution >= 0.6 is 0 Å². The highest BCUT2D eigenvalue weighted by Gasteiger charge is 2.10. The molecule has 2 aromatic carbocycles. The van der Waals surface area contributed by atoms with Gasteiger partial charge >= 0.3 is 5.97 Å². The van der Waals surface area contributed by atoms with E-state index in [1.54, 1.807) is 42.0 Å². The molecule has 6 nitrogen and oxygen atoms in total. The summed E-state index contributed by atoms with van der Waals surface area (Å²) in [6.07, 6.45) is 1.67. The van der Waals surface area contributed by atoms with Gasteiger partial charge in [-0.1, -0.05) is 18.2 Å². The van der Waals surface area contributed by atoms with Crippen molar-refractivity contribution >= 4 is 34.2 Å². The number of carbonyl (C=O) groups excluding carboxylic acids is 2. The first-order valence-corrected chi connectivity index (χ1v) is 7.90. The van der Waals surface area contributed by atoms with Crippen LogP contribution in [0.3, 0.4) is 0 Å². The molecule has 0 saturated heterocycles. The number of nitrogens with zero attached hydrogens (tertiary/aromatic N) is 3. The van der Waals surface area contributed by atoms with Crippen LogP contribution in [0.1, 0.15) is 29.0 Å². The standard InChI is InChI=1S/C19H17N3O3/c1-3-25-19(24)14-8-10-15(11-9-14)20-21-17-12-22(13(2)23)18-7-5-4-6-16(17)18/h4-12H,3H2,1-2H3. The van der Waals surface area contributed by atoms with Crippen LogP contribution in [0, 0.1) is 0 Å². The molecule has 1 heterocycles. The number of azo groups is 1. The molecule has 0 atom stereocenters. The Morgan fingerprint density at radius 2 is 1.76 bits per heavy atom. The second kappa shape index (κ2) is 7.09. The molecule has 1 aromatic heterocycles. The summed E-state index contributed by atoms with van der Waals surface area (Å²) in [5.41, 5.74) is 2.48. The van der Waals surface area contributed by atoms with E-state index in [9.17, 15) is 9.59 Å². The van der Waals surface area contributed by atoms with Crippen LogP contribution in [-0.2, 0) is 4.74 Å². The van der Waals surface area contributed by atoms with Gasteiger partial charge in [-0.2, -0.15) is 5.11 Å². The summed E-state index contributed by atoms with van der Waals surface area (Å²) in [5, 5.41) is 9.30. The molecule has 0 spiro atoms. The summed E-state index contributed by atoms with van der Waals surface area (Å²) in [7, 11) is 0. The van der Waals surface area contributed by atoms with E-state index < -0.39 is 0 Å². The topological polar surface area (TPSA) is 73.0 Å². The zero-order chi connectivity index (χ0) is 17.8. The number of carbonyl (C=O) groups is 2. The number of para-hydroxylation sites is 1. The monoisotopic (exact) mass is 335 g/mol. The van der Waals surface area contributed by atoms with Gasteiger partial charge in [-0.05, 0) is 37.3 Å². The van der Waals surface area contributed by atoms with E-state index in [1.807, 2.05) is 24.3 Å². The maximum absolute atomic E-state index is 11.7. The Kier molecular flexibility index (Phi) is 4.70. The zero-order valence-corrected chi connectivity index (χ0v) is 14.0. The van der Waals surface area contributed by atoms with Crippen LogP contribution in [0.15, 0.2) is 65.0 Å². The third-order valence-electron chi connectivity index (χ3n) is 3.68. The van der Waals surface area contributed by atoms with Crippen molar-refractivity contribution in [2.45, 2.75) is 13.8 Å². The number of esters is 1. The smallest absolute Gasteiger partial charge is 0.338 e. The molecule has 0 fully saturated rings. The van der Waals surface area contributed by atoms with Crippen LogP contribution < -0.4 is 0 Å². The lowest BCUT2D eigenvalue weighted by Gasteiger charge is -2.01. The average Bonchev–Trinajstić information content (AvgIpc) is 3.00. The Bertz CT molecular complexity index is 956. The highest BCUT2D eigenvalue weighted by Crippen LogP contribution is 2.29. The lowest BCUT2D eigenvalue weighted by atomic mass is 10.2. The van der Waals surface area contributed by atoms with Crippen LogP contribution in [0.2, 0.25) is 0 Å². The highest BCUT2D eigenvalue weighted by molar-refractivity contribution is 5.98. The highest BCUT2D eigenvalue weighted by atomic mass is 16.5. The van der Waals surface area contributed by atoms with Gasteiger partial charge in [-0.3, -0.25) is 9.36 Å². The predicted octanol–water partition coefficient (Wildman–Crippen LogP) is 4.89. The minimum atomic E-state index is -0.365. The van der Waals surface area contributed by atoms with Crippen molar-refractivity contribution in [1.29, 1.82) is 0 Å². The maximum Gasteiger partial charge on any atom is 0.338 e. The molecule has 3 aromatic rings. The summed E-state index contributed by atoms with van der Waals surface area (Å²) in [4.78, 5) is 23.4. The summed E-state index contributed by atoms with van der Waals surface area (Å²) < 4.78 is 6.49. The first-order valence-electron chi connectivity index (χ1n) is 7.90. The van der Waals surface area contributed by atoms with Gasteiger partial charge in [0.2, 0.25) is 5.91 Å². The van der Waals surface area contributed by atoms with Gasteiger partial charge in [-0.15, -0.1) is 5.11 Å². The Morgan fingerprint density at radius 1 is 1.04 bits per heavy atom. The first-order chi connectivity index (χ1) is 12.1. The molecular formula is C19H17N3O3. The van der Waals surface area contributed by atoms with Crippen LogP contribution in [0.5, 0.6) is 0 Å². The van der Waals surface area contributed by atoms with Crippen molar-refractivity contribution in [3.63, 3.8) is 0 Å². The summed E-state index contributed by atoms with van der Waals surface area (Å²) >= 11 is 0. The van der Waals surface area contributed by atoms with Gasteiger partial charge in [0.05, 0.1) is 23.4 Å². The quantitative estimate of drug-likeness (QED) is 0.503. The van der Waals surface area contributed by atoms with Gasteiger partial charge in [0.25, 0.3) is 0 Å². The third-order valence-corrected chi connectivity index (χ3v) is 3.68. The molecule has 0 radical (unpaired) electrons. The molecular weight excluding hydrogens is 318 g/mol. The molecule has 0 aliphatic heterocycles. The Balaban J connectivity index is 1.88. The third kappa shape index (κ3) is 3.47. The molecule has 0 N–H and O–H groups in total. The van der Waals surface area contributed by atoms with E-state index in [1.165, 1.54) is 6.92 Å². The van der Waals surface area contributed by atoms with Gasteiger partial charge in [0, 0.05) is 18.5 Å². The molecule has 0 aliphatic rings. The van der Waals surface area contributed by atoms with E-state index in [2.05, 4.69) is 10.2 Å². The molecule has 6 heteroatoms. The second-order valence-electron chi connectivity index (χ2n) is 5.39. The number of rotatable bonds is 4. The molecule has 0 amide bonds. The number of aromatic nitrogens is 1. The van der Waals surface area contributed by atoms with Crippen LogP contribution in [-0.4, -0.2) is 23.1 Å². The predicted molar refractivity (Wildman–Crippen MR) is 94.8 cm³/mol. The Hall–Kier alpha value is -3.28. The first kappa shape index (κ1) is 16.6. The zero-order valence-electron chi connectivity index (χ0n) is 14.0. The fraction of sp³-hybridized carbons (Fsp3) is 0.158. The fourth-order valence-corrected chi connectivity index (χ4v) is 2.49. The summed E-state index contributed by atoms with van der Waals surface area (Å²) in [6.45, 7) is 3.60. The summed E-state index contributed by atoms with van der Waals surface area (Å²) in [6, 6.07) is 14.2. The van der Waals surface area contributed by atoms with Crippen molar-refractivity contribution in [1.82, 2.24) is 4.57 Å². The van der Waals surface area contributed by atoms with E-state index in [4.69, 9.17) is 4.74 Å². The number of fused-ring (bicyclic) bond motifs is 1. The molecule has 126 valence electrons. The average molecular weight is 335 g/mol. The van der Waals surface area contributed by atoms with Gasteiger partial charge in [0.1, 0.15) is 5.69 Å². The maximum atomic E-state index is 11.7. The molecule has 0 bridgehead atoms. The molecule has 3 rings (SSSR count). The van der Waals surface area contributed by atoms with E-state index in [0.29, 0.717) is 23.5 Å². The van der Waals surface area contributed by atoms with Crippen molar-refractivity contribution < 1.29 is 14.3 Å². The van der Waals surface area contributed by atoms with Crippen molar-refractivity contribution in [3.8, 4) is 0 Å². The van der Waals surface area contributed by atoms with Gasteiger partial charge in [0.15, 0.2) is 0 Å². The Morgan fingerprint density at radius 3 is 2.44 bits per heavy atom. The van der Waals surface area contributed by atoms with Crippen LogP contribution in [0.4, 0.5) is 11.4 Å². The lowest BCUT2D eigenvalue weighted by molar-refractivity contribution is 0.0526. The Labute approximate surface area is 144 Å². The molecule has 0 saturated carbocycles. The SMILES string of the molecule is CCOC(=O)c1ccc(N=Nc2cn(C(C)=O)c3ccccc23)cc1. The normalized spacial score (nSPS) is 11.1. The van der Waals surface area contributed by atoms with E-state index in [-0.39, 0.29) is 11.9 Å². The summed E-state index contributed by atoms with van der Waals surface area (Å²) in [5.74, 6) is -0.452. The minimum Gasteiger partial charge on any atom is -0.462 e. The van der Waals surface area contributed by atoms with Crippen molar-refractivity contribution in [2.24, 2.45) is 10.2 Å². The number of hydrogen-bond acceptors (Lipinski definition) is 5. The van der Waals surface area contributed by atoms with E-state index in [0.717, 1.165) is 10.9 Å². The molecule has 0 unspecified atom stereocenters. The number of hydrogen-bond donors (Lipinski definition) is 0. The number of ether oxygens (including phenoxy) is 1. The lowest BCUT2D eigenvalue weighted by Crippen LogP contribution is -2.03. The van der Waals surface area contributed by atoms with Crippen molar-refractivity contribution in [2.75, 3.05) is 6.61 Å². The molecule has 0 aliphatic carbocycles. The molecule has 25 heavy (non-hydrogen) atoms. The van der Waals surface area contributed by atoms with E-state index >= 15 is 0 Å². The van der Waals surface area contributed by atoms with Crippen molar-refractivity contribution in [3.05, 3.63) is 60.3 Å².